The molecule has 1 aliphatic rings. The molecule has 0 unspecified atom stereocenters. The first kappa shape index (κ1) is 25.0. The first-order valence-electron chi connectivity index (χ1n) is 11.0. The van der Waals surface area contributed by atoms with Crippen LogP contribution in [-0.4, -0.2) is 60.4 Å². The molecular weight excluding hydrogens is 484 g/mol. The van der Waals surface area contributed by atoms with Crippen LogP contribution in [0.15, 0.2) is 52.5 Å². The average Bonchev–Trinajstić information content (AvgIpc) is 3.01. The number of rotatable bonds is 8. The van der Waals surface area contributed by atoms with Gasteiger partial charge in [0.05, 0.1) is 18.2 Å². The van der Waals surface area contributed by atoms with E-state index in [2.05, 4.69) is 29.8 Å². The Morgan fingerprint density at radius 3 is 2.52 bits per heavy atom. The molecule has 6 nitrogen and oxygen atoms in total. The van der Waals surface area contributed by atoms with Crippen molar-refractivity contribution in [3.05, 3.63) is 69.2 Å². The van der Waals surface area contributed by atoms with E-state index in [1.807, 2.05) is 50.2 Å². The fourth-order valence-electron chi connectivity index (χ4n) is 3.81. The summed E-state index contributed by atoms with van der Waals surface area (Å²) in [6.07, 6.45) is 0. The SMILES string of the molecule is Cc1cc(C(O)=C2C(=O)C(=O)N(CCN(C)C)[C@H]2c2cccc(Br)c2)ccc1OCC(C)C. The number of nitrogens with zero attached hydrogens (tertiary/aromatic N) is 2. The Morgan fingerprint density at radius 2 is 1.91 bits per heavy atom. The van der Waals surface area contributed by atoms with E-state index in [9.17, 15) is 14.7 Å². The van der Waals surface area contributed by atoms with Crippen molar-refractivity contribution in [1.29, 1.82) is 0 Å². The van der Waals surface area contributed by atoms with Crippen molar-refractivity contribution in [3.8, 4) is 5.75 Å². The zero-order chi connectivity index (χ0) is 24.3. The highest BCUT2D eigenvalue weighted by molar-refractivity contribution is 9.10. The molecule has 2 aromatic rings. The molecule has 176 valence electrons. The van der Waals surface area contributed by atoms with Crippen molar-refractivity contribution in [3.63, 3.8) is 0 Å². The predicted molar refractivity (Wildman–Crippen MR) is 133 cm³/mol. The number of amides is 1. The molecule has 0 spiro atoms. The second kappa shape index (κ2) is 10.5. The Morgan fingerprint density at radius 1 is 1.18 bits per heavy atom. The lowest BCUT2D eigenvalue weighted by molar-refractivity contribution is -0.140. The molecule has 7 heteroatoms. The average molecular weight is 515 g/mol. The van der Waals surface area contributed by atoms with Crippen LogP contribution in [0.4, 0.5) is 0 Å². The van der Waals surface area contributed by atoms with Gasteiger partial charge in [-0.3, -0.25) is 9.59 Å². The van der Waals surface area contributed by atoms with Gasteiger partial charge in [0.1, 0.15) is 11.5 Å². The van der Waals surface area contributed by atoms with Crippen molar-refractivity contribution in [2.45, 2.75) is 26.8 Å². The number of halogens is 1. The molecule has 1 atom stereocenters. The quantitative estimate of drug-likeness (QED) is 0.312. The monoisotopic (exact) mass is 514 g/mol. The van der Waals surface area contributed by atoms with Gasteiger partial charge in [-0.05, 0) is 68.4 Å². The number of carbonyl (C=O) groups excluding carboxylic acids is 2. The summed E-state index contributed by atoms with van der Waals surface area (Å²) >= 11 is 3.48. The van der Waals surface area contributed by atoms with E-state index < -0.39 is 17.7 Å². The molecule has 33 heavy (non-hydrogen) atoms. The van der Waals surface area contributed by atoms with Crippen molar-refractivity contribution < 1.29 is 19.4 Å². The third-order valence-corrected chi connectivity index (χ3v) is 6.01. The summed E-state index contributed by atoms with van der Waals surface area (Å²) in [5, 5.41) is 11.3. The van der Waals surface area contributed by atoms with Gasteiger partial charge < -0.3 is 19.6 Å². The van der Waals surface area contributed by atoms with Crippen LogP contribution < -0.4 is 4.74 Å². The van der Waals surface area contributed by atoms with Crippen LogP contribution in [0, 0.1) is 12.8 Å². The first-order chi connectivity index (χ1) is 15.6. The van der Waals surface area contributed by atoms with Crippen molar-refractivity contribution in [1.82, 2.24) is 9.80 Å². The fourth-order valence-corrected chi connectivity index (χ4v) is 4.23. The smallest absolute Gasteiger partial charge is 0.295 e. The summed E-state index contributed by atoms with van der Waals surface area (Å²) in [5.41, 5.74) is 2.19. The number of hydrogen-bond acceptors (Lipinski definition) is 5. The minimum atomic E-state index is -0.672. The molecule has 2 aromatic carbocycles. The highest BCUT2D eigenvalue weighted by Gasteiger charge is 2.45. The Labute approximate surface area is 204 Å². The van der Waals surface area contributed by atoms with Gasteiger partial charge in [-0.2, -0.15) is 0 Å². The zero-order valence-corrected chi connectivity index (χ0v) is 21.3. The number of likely N-dealkylation sites (N-methyl/N-ethyl adjacent to an activating group) is 1. The third kappa shape index (κ3) is 5.65. The molecule has 1 aliphatic heterocycles. The second-order valence-electron chi connectivity index (χ2n) is 9.04. The van der Waals surface area contributed by atoms with Crippen LogP contribution in [0.3, 0.4) is 0 Å². The number of carbonyl (C=O) groups is 2. The van der Waals surface area contributed by atoms with Gasteiger partial charge >= 0.3 is 0 Å². The molecule has 1 saturated heterocycles. The van der Waals surface area contributed by atoms with E-state index in [-0.39, 0.29) is 11.3 Å². The minimum Gasteiger partial charge on any atom is -0.507 e. The van der Waals surface area contributed by atoms with Crippen LogP contribution in [-0.2, 0) is 9.59 Å². The van der Waals surface area contributed by atoms with Gasteiger partial charge in [0, 0.05) is 23.1 Å². The van der Waals surface area contributed by atoms with E-state index in [1.165, 1.54) is 0 Å². The van der Waals surface area contributed by atoms with Gasteiger partial charge in [0.15, 0.2) is 0 Å². The molecular formula is C26H31BrN2O4. The van der Waals surface area contributed by atoms with Crippen molar-refractivity contribution in [2.75, 3.05) is 33.8 Å². The maximum absolute atomic E-state index is 13.1. The number of aliphatic hydroxyl groups is 1. The molecule has 1 amide bonds. The van der Waals surface area contributed by atoms with Crippen molar-refractivity contribution in [2.24, 2.45) is 5.92 Å². The number of ketones is 1. The standard InChI is InChI=1S/C26H31BrN2O4/c1-16(2)15-33-21-10-9-19(13-17(21)3)24(30)22-23(18-7-6-8-20(27)14-18)29(12-11-28(4)5)26(32)25(22)31/h6-10,13-14,16,23,30H,11-12,15H2,1-5H3/t23-/m0/s1. The molecule has 0 aliphatic carbocycles. The molecule has 1 fully saturated rings. The van der Waals surface area contributed by atoms with Crippen LogP contribution >= 0.6 is 15.9 Å². The summed E-state index contributed by atoms with van der Waals surface area (Å²) in [5.74, 6) is -0.328. The van der Waals surface area contributed by atoms with E-state index in [0.29, 0.717) is 31.2 Å². The maximum Gasteiger partial charge on any atom is 0.295 e. The van der Waals surface area contributed by atoms with E-state index in [1.54, 1.807) is 23.1 Å². The maximum atomic E-state index is 13.1. The van der Waals surface area contributed by atoms with E-state index in [0.717, 1.165) is 21.3 Å². The summed E-state index contributed by atoms with van der Waals surface area (Å²) in [6, 6.07) is 12.1. The number of Topliss-reactive ketones (excluding diaryl/α,β-unsaturated/α-hetero) is 1. The number of benzene rings is 2. The Balaban J connectivity index is 2.07. The van der Waals surface area contributed by atoms with Crippen LogP contribution in [0.25, 0.3) is 5.76 Å². The predicted octanol–water partition coefficient (Wildman–Crippen LogP) is 4.78. The molecule has 1 N–H and O–H groups in total. The minimum absolute atomic E-state index is 0.104. The third-order valence-electron chi connectivity index (χ3n) is 5.51. The molecule has 3 rings (SSSR count). The van der Waals surface area contributed by atoms with E-state index in [4.69, 9.17) is 4.74 Å². The highest BCUT2D eigenvalue weighted by Crippen LogP contribution is 2.40. The number of aryl methyl sites for hydroxylation is 1. The number of likely N-dealkylation sites (tertiary alicyclic amines) is 1. The zero-order valence-electron chi connectivity index (χ0n) is 19.8. The molecule has 0 radical (unpaired) electrons. The van der Waals surface area contributed by atoms with Crippen LogP contribution in [0.5, 0.6) is 5.75 Å². The Kier molecular flexibility index (Phi) is 7.97. The van der Waals surface area contributed by atoms with Gasteiger partial charge in [-0.15, -0.1) is 0 Å². The van der Waals surface area contributed by atoms with Crippen LogP contribution in [0.1, 0.15) is 36.6 Å². The summed E-state index contributed by atoms with van der Waals surface area (Å²) in [6.45, 7) is 7.60. The number of ether oxygens (including phenoxy) is 1. The molecule has 0 bridgehead atoms. The summed E-state index contributed by atoms with van der Waals surface area (Å²) < 4.78 is 6.67. The number of hydrogen-bond donors (Lipinski definition) is 1. The Hall–Kier alpha value is -2.64. The molecule has 0 aromatic heterocycles. The van der Waals surface area contributed by atoms with Crippen LogP contribution in [0.2, 0.25) is 0 Å². The van der Waals surface area contributed by atoms with E-state index >= 15 is 0 Å². The Bertz CT molecular complexity index is 1080. The molecule has 1 heterocycles. The normalized spacial score (nSPS) is 17.9. The molecule has 0 saturated carbocycles. The topological polar surface area (TPSA) is 70.1 Å². The largest absolute Gasteiger partial charge is 0.507 e. The van der Waals surface area contributed by atoms with Crippen molar-refractivity contribution >= 4 is 33.4 Å². The lowest BCUT2D eigenvalue weighted by atomic mass is 9.95. The second-order valence-corrected chi connectivity index (χ2v) is 9.95. The summed E-state index contributed by atoms with van der Waals surface area (Å²) in [7, 11) is 3.83. The first-order valence-corrected chi connectivity index (χ1v) is 11.8. The van der Waals surface area contributed by atoms with Gasteiger partial charge in [0.25, 0.3) is 11.7 Å². The number of aliphatic hydroxyl groups excluding tert-OH is 1. The lowest BCUT2D eigenvalue weighted by Gasteiger charge is -2.26. The van der Waals surface area contributed by atoms with Gasteiger partial charge in [0.2, 0.25) is 0 Å². The highest BCUT2D eigenvalue weighted by atomic mass is 79.9. The van der Waals surface area contributed by atoms with Gasteiger partial charge in [-0.1, -0.05) is 41.9 Å². The van der Waals surface area contributed by atoms with Gasteiger partial charge in [-0.25, -0.2) is 0 Å². The lowest BCUT2D eigenvalue weighted by Crippen LogP contribution is -2.35. The fraction of sp³-hybridized carbons (Fsp3) is 0.385. The summed E-state index contributed by atoms with van der Waals surface area (Å²) in [4.78, 5) is 29.6.